The topological polar surface area (TPSA) is 88.1 Å². The number of ether oxygens (including phenoxy) is 2. The molecule has 0 aromatic heterocycles. The third-order valence-electron chi connectivity index (χ3n) is 4.59. The zero-order chi connectivity index (χ0) is 26.1. The van der Waals surface area contributed by atoms with Crippen molar-refractivity contribution in [2.24, 2.45) is 0 Å². The lowest BCUT2D eigenvalue weighted by Crippen LogP contribution is -2.26. The SMILES string of the molecule is C=C(C)C(=O)OCC(Cc1ccc(-c2ccc(OC(=O)C(=C)C)cc2F)cc1)OOC(=O)C(=C)C. The second kappa shape index (κ2) is 12.4. The van der Waals surface area contributed by atoms with Gasteiger partial charge in [-0.25, -0.2) is 18.8 Å². The predicted molar refractivity (Wildman–Crippen MR) is 128 cm³/mol. The van der Waals surface area contributed by atoms with Gasteiger partial charge in [-0.1, -0.05) is 44.0 Å². The Morgan fingerprint density at radius 1 is 0.857 bits per heavy atom. The van der Waals surface area contributed by atoms with Gasteiger partial charge in [-0.3, -0.25) is 4.89 Å². The monoisotopic (exact) mass is 482 g/mol. The molecule has 184 valence electrons. The summed E-state index contributed by atoms with van der Waals surface area (Å²) in [5, 5.41) is 0. The van der Waals surface area contributed by atoms with Crippen molar-refractivity contribution in [3.05, 3.63) is 90.3 Å². The van der Waals surface area contributed by atoms with Crippen molar-refractivity contribution in [3.63, 3.8) is 0 Å². The second-order valence-electron chi connectivity index (χ2n) is 7.96. The Morgan fingerprint density at radius 3 is 2.00 bits per heavy atom. The highest BCUT2D eigenvalue weighted by Gasteiger charge is 2.18. The van der Waals surface area contributed by atoms with E-state index in [1.165, 1.54) is 32.9 Å². The summed E-state index contributed by atoms with van der Waals surface area (Å²) in [5.74, 6) is -2.48. The number of rotatable bonds is 11. The van der Waals surface area contributed by atoms with Crippen LogP contribution in [-0.4, -0.2) is 30.6 Å². The molecule has 0 N–H and O–H groups in total. The van der Waals surface area contributed by atoms with Gasteiger partial charge >= 0.3 is 17.9 Å². The molecule has 7 nitrogen and oxygen atoms in total. The molecule has 0 fully saturated rings. The molecule has 0 aliphatic heterocycles. The minimum atomic E-state index is -0.800. The first-order valence-electron chi connectivity index (χ1n) is 10.6. The molecule has 1 atom stereocenters. The minimum absolute atomic E-state index is 0.0736. The molecule has 0 saturated heterocycles. The first kappa shape index (κ1) is 27.2. The Morgan fingerprint density at radius 2 is 1.46 bits per heavy atom. The van der Waals surface area contributed by atoms with Crippen LogP contribution in [0.1, 0.15) is 26.3 Å². The molecule has 0 aliphatic rings. The number of carbonyl (C=O) groups is 3. The maximum Gasteiger partial charge on any atom is 0.368 e. The Labute approximate surface area is 203 Å². The van der Waals surface area contributed by atoms with E-state index in [0.29, 0.717) is 11.1 Å². The van der Waals surface area contributed by atoms with Crippen molar-refractivity contribution in [3.8, 4) is 16.9 Å². The largest absolute Gasteiger partial charge is 0.459 e. The minimum Gasteiger partial charge on any atom is -0.459 e. The Hall–Kier alpha value is -4.04. The molecule has 0 saturated carbocycles. The van der Waals surface area contributed by atoms with Gasteiger partial charge in [0.2, 0.25) is 0 Å². The van der Waals surface area contributed by atoms with E-state index in [1.807, 2.05) is 0 Å². The van der Waals surface area contributed by atoms with Crippen LogP contribution in [0.5, 0.6) is 5.75 Å². The molecule has 35 heavy (non-hydrogen) atoms. The number of carbonyl (C=O) groups excluding carboxylic acids is 3. The van der Waals surface area contributed by atoms with Gasteiger partial charge in [-0.15, -0.1) is 0 Å². The van der Waals surface area contributed by atoms with E-state index in [0.717, 1.165) is 11.6 Å². The average molecular weight is 483 g/mol. The lowest BCUT2D eigenvalue weighted by Gasteiger charge is -2.17. The summed E-state index contributed by atoms with van der Waals surface area (Å²) in [6.45, 7) is 14.8. The van der Waals surface area contributed by atoms with Gasteiger partial charge in [0.05, 0.1) is 0 Å². The zero-order valence-corrected chi connectivity index (χ0v) is 19.9. The smallest absolute Gasteiger partial charge is 0.368 e. The highest BCUT2D eigenvalue weighted by molar-refractivity contribution is 5.89. The molecular weight excluding hydrogens is 455 g/mol. The Kier molecular flexibility index (Phi) is 9.66. The van der Waals surface area contributed by atoms with Crippen molar-refractivity contribution in [2.75, 3.05) is 6.61 Å². The maximum atomic E-state index is 14.6. The van der Waals surface area contributed by atoms with Crippen molar-refractivity contribution in [2.45, 2.75) is 33.3 Å². The van der Waals surface area contributed by atoms with Gasteiger partial charge in [0.25, 0.3) is 0 Å². The molecule has 2 aromatic rings. The lowest BCUT2D eigenvalue weighted by atomic mass is 10.0. The quantitative estimate of drug-likeness (QED) is 0.146. The fourth-order valence-electron chi connectivity index (χ4n) is 2.67. The molecule has 0 aliphatic carbocycles. The summed E-state index contributed by atoms with van der Waals surface area (Å²) in [6.07, 6.45) is -0.572. The van der Waals surface area contributed by atoms with Gasteiger partial charge in [-0.2, -0.15) is 4.89 Å². The van der Waals surface area contributed by atoms with Gasteiger partial charge < -0.3 is 9.47 Å². The van der Waals surface area contributed by atoms with Crippen molar-refractivity contribution < 1.29 is 38.0 Å². The van der Waals surface area contributed by atoms with Crippen LogP contribution < -0.4 is 4.74 Å². The molecule has 0 bridgehead atoms. The van der Waals surface area contributed by atoms with E-state index in [1.54, 1.807) is 24.3 Å². The molecule has 0 heterocycles. The maximum absolute atomic E-state index is 14.6. The van der Waals surface area contributed by atoms with E-state index in [2.05, 4.69) is 19.7 Å². The van der Waals surface area contributed by atoms with Gasteiger partial charge in [-0.05, 0) is 44.0 Å². The number of hydrogen-bond acceptors (Lipinski definition) is 7. The van der Waals surface area contributed by atoms with Gasteiger partial charge in [0.15, 0.2) is 0 Å². The van der Waals surface area contributed by atoms with Crippen LogP contribution in [0.25, 0.3) is 11.1 Å². The normalized spacial score (nSPS) is 11.2. The zero-order valence-electron chi connectivity index (χ0n) is 19.9. The van der Waals surface area contributed by atoms with Crippen LogP contribution in [0.2, 0.25) is 0 Å². The van der Waals surface area contributed by atoms with E-state index < -0.39 is 29.8 Å². The molecule has 2 aromatic carbocycles. The molecule has 2 rings (SSSR count). The molecular formula is C27H27FO7. The molecule has 1 unspecified atom stereocenters. The summed E-state index contributed by atoms with van der Waals surface area (Å²) < 4.78 is 24.8. The molecule has 0 radical (unpaired) electrons. The third-order valence-corrected chi connectivity index (χ3v) is 4.59. The number of esters is 2. The fraction of sp³-hybridized carbons (Fsp3) is 0.222. The third kappa shape index (κ3) is 8.35. The van der Waals surface area contributed by atoms with Crippen molar-refractivity contribution >= 4 is 17.9 Å². The lowest BCUT2D eigenvalue weighted by molar-refractivity contribution is -0.299. The number of hydrogen-bond donors (Lipinski definition) is 0. The van der Waals surface area contributed by atoms with E-state index >= 15 is 0 Å². The van der Waals surface area contributed by atoms with Crippen LogP contribution >= 0.6 is 0 Å². The first-order valence-corrected chi connectivity index (χ1v) is 10.6. The van der Waals surface area contributed by atoms with Crippen molar-refractivity contribution in [1.29, 1.82) is 0 Å². The summed E-state index contributed by atoms with van der Waals surface area (Å²) in [5.41, 5.74) is 2.22. The summed E-state index contributed by atoms with van der Waals surface area (Å²) in [7, 11) is 0. The summed E-state index contributed by atoms with van der Waals surface area (Å²) >= 11 is 0. The van der Waals surface area contributed by atoms with Crippen LogP contribution in [0.15, 0.2) is 78.9 Å². The summed E-state index contributed by atoms with van der Waals surface area (Å²) in [6, 6.07) is 11.0. The number of benzene rings is 2. The number of halogens is 1. The Balaban J connectivity index is 2.12. The summed E-state index contributed by atoms with van der Waals surface area (Å²) in [4.78, 5) is 44.9. The van der Waals surface area contributed by atoms with Crippen LogP contribution in [0.3, 0.4) is 0 Å². The molecule has 0 amide bonds. The van der Waals surface area contributed by atoms with Crippen LogP contribution in [-0.2, 0) is 35.3 Å². The predicted octanol–water partition coefficient (Wildman–Crippen LogP) is 5.06. The average Bonchev–Trinajstić information content (AvgIpc) is 2.80. The fourth-order valence-corrected chi connectivity index (χ4v) is 2.67. The van der Waals surface area contributed by atoms with Crippen LogP contribution in [0.4, 0.5) is 4.39 Å². The van der Waals surface area contributed by atoms with E-state index in [-0.39, 0.29) is 35.5 Å². The first-order chi connectivity index (χ1) is 16.5. The van der Waals surface area contributed by atoms with Crippen LogP contribution in [0, 0.1) is 5.82 Å². The van der Waals surface area contributed by atoms with Crippen molar-refractivity contribution in [1.82, 2.24) is 0 Å². The van der Waals surface area contributed by atoms with E-state index in [4.69, 9.17) is 19.2 Å². The Bertz CT molecular complexity index is 1120. The standard InChI is InChI=1S/C27H27FO7/c1-16(2)25(29)32-15-22(34-35-27(31)18(5)6)13-19-7-9-20(10-8-19)23-12-11-21(14-24(23)28)33-26(30)17(3)4/h7-12,14,22H,1,3,5,13,15H2,2,4,6H3. The highest BCUT2D eigenvalue weighted by atomic mass is 19.1. The van der Waals surface area contributed by atoms with Gasteiger partial charge in [0, 0.05) is 34.8 Å². The second-order valence-corrected chi connectivity index (χ2v) is 7.96. The highest BCUT2D eigenvalue weighted by Crippen LogP contribution is 2.27. The van der Waals surface area contributed by atoms with E-state index in [9.17, 15) is 18.8 Å². The van der Waals surface area contributed by atoms with Gasteiger partial charge in [0.1, 0.15) is 24.3 Å². The molecule has 0 spiro atoms. The molecule has 8 heteroatoms.